The first-order valence-electron chi connectivity index (χ1n) is 9.34. The standard InChI is InChI=1S/C21H24N2O4S2/c1-13-4-5-16(10-14(13)2)22-20(24)8-9-29(26,27)17-6-7-19-18(12-17)23-21(25)11-15(3)28-19/h4-7,10,12,15H,8-9,11H2,1-3H3,(H,22,24)(H,23,25). The predicted molar refractivity (Wildman–Crippen MR) is 116 cm³/mol. The Morgan fingerprint density at radius 1 is 1.17 bits per heavy atom. The van der Waals surface area contributed by atoms with Crippen molar-refractivity contribution in [1.29, 1.82) is 0 Å². The fourth-order valence-corrected chi connectivity index (χ4v) is 5.33. The van der Waals surface area contributed by atoms with Crippen molar-refractivity contribution >= 4 is 44.8 Å². The van der Waals surface area contributed by atoms with Crippen LogP contribution in [0.3, 0.4) is 0 Å². The lowest BCUT2D eigenvalue weighted by atomic mass is 10.1. The molecule has 1 aliphatic heterocycles. The molecule has 1 atom stereocenters. The average Bonchev–Trinajstić information content (AvgIpc) is 2.78. The monoisotopic (exact) mass is 432 g/mol. The summed E-state index contributed by atoms with van der Waals surface area (Å²) in [5.74, 6) is -0.796. The zero-order valence-electron chi connectivity index (χ0n) is 16.6. The molecule has 0 saturated heterocycles. The zero-order valence-corrected chi connectivity index (χ0v) is 18.2. The maximum Gasteiger partial charge on any atom is 0.225 e. The molecular weight excluding hydrogens is 408 g/mol. The van der Waals surface area contributed by atoms with E-state index < -0.39 is 9.84 Å². The molecule has 0 saturated carbocycles. The van der Waals surface area contributed by atoms with E-state index in [0.717, 1.165) is 16.0 Å². The SMILES string of the molecule is Cc1ccc(NC(=O)CCS(=O)(=O)c2ccc3c(c2)NC(=O)CC(C)S3)cc1C. The smallest absolute Gasteiger partial charge is 0.225 e. The van der Waals surface area contributed by atoms with E-state index in [1.165, 1.54) is 23.9 Å². The minimum absolute atomic E-state index is 0.102. The first-order chi connectivity index (χ1) is 13.6. The fourth-order valence-electron chi connectivity index (χ4n) is 3.01. The molecule has 8 heteroatoms. The van der Waals surface area contributed by atoms with Crippen LogP contribution < -0.4 is 10.6 Å². The van der Waals surface area contributed by atoms with Crippen molar-refractivity contribution in [2.75, 3.05) is 16.4 Å². The van der Waals surface area contributed by atoms with Gasteiger partial charge in [-0.15, -0.1) is 11.8 Å². The molecule has 2 aromatic carbocycles. The van der Waals surface area contributed by atoms with Gasteiger partial charge in [-0.1, -0.05) is 13.0 Å². The highest BCUT2D eigenvalue weighted by molar-refractivity contribution is 8.00. The summed E-state index contributed by atoms with van der Waals surface area (Å²) in [6.07, 6.45) is 0.227. The molecule has 1 unspecified atom stereocenters. The van der Waals surface area contributed by atoms with Gasteiger partial charge in [-0.3, -0.25) is 9.59 Å². The Labute approximate surface area is 175 Å². The van der Waals surface area contributed by atoms with Gasteiger partial charge in [-0.2, -0.15) is 0 Å². The highest BCUT2D eigenvalue weighted by atomic mass is 32.2. The first-order valence-corrected chi connectivity index (χ1v) is 11.9. The van der Waals surface area contributed by atoms with Crippen LogP contribution in [0.1, 0.15) is 30.9 Å². The first kappa shape index (κ1) is 21.4. The van der Waals surface area contributed by atoms with E-state index in [-0.39, 0.29) is 34.1 Å². The lowest BCUT2D eigenvalue weighted by molar-refractivity contribution is -0.116. The number of nitrogens with one attached hydrogen (secondary N) is 2. The van der Waals surface area contributed by atoms with Crippen LogP contribution in [0, 0.1) is 13.8 Å². The number of anilines is 2. The number of benzene rings is 2. The maximum atomic E-state index is 12.7. The van der Waals surface area contributed by atoms with Crippen molar-refractivity contribution < 1.29 is 18.0 Å². The molecule has 0 aliphatic carbocycles. The van der Waals surface area contributed by atoms with E-state index in [4.69, 9.17) is 0 Å². The number of rotatable bonds is 5. The minimum atomic E-state index is -3.66. The predicted octanol–water partition coefficient (Wildman–Crippen LogP) is 3.93. The van der Waals surface area contributed by atoms with Crippen molar-refractivity contribution in [3.8, 4) is 0 Å². The molecule has 1 aliphatic rings. The zero-order chi connectivity index (χ0) is 21.2. The Balaban J connectivity index is 1.68. The maximum absolute atomic E-state index is 12.7. The third-order valence-corrected chi connectivity index (χ3v) is 7.67. The van der Waals surface area contributed by atoms with Crippen LogP contribution in [0.25, 0.3) is 0 Å². The summed E-state index contributed by atoms with van der Waals surface area (Å²) < 4.78 is 25.4. The van der Waals surface area contributed by atoms with Gasteiger partial charge in [0.05, 0.1) is 16.3 Å². The number of hydrogen-bond acceptors (Lipinski definition) is 5. The lowest BCUT2D eigenvalue weighted by Crippen LogP contribution is -2.18. The number of aryl methyl sites for hydroxylation is 2. The third kappa shape index (κ3) is 5.39. The van der Waals surface area contributed by atoms with Crippen molar-refractivity contribution in [1.82, 2.24) is 0 Å². The molecule has 0 aromatic heterocycles. The second-order valence-corrected chi connectivity index (χ2v) is 10.8. The number of thioether (sulfide) groups is 1. The summed E-state index contributed by atoms with van der Waals surface area (Å²) in [5, 5.41) is 5.63. The lowest BCUT2D eigenvalue weighted by Gasteiger charge is -2.11. The Morgan fingerprint density at radius 3 is 2.66 bits per heavy atom. The van der Waals surface area contributed by atoms with Crippen LogP contribution in [-0.4, -0.2) is 31.2 Å². The van der Waals surface area contributed by atoms with Crippen LogP contribution >= 0.6 is 11.8 Å². The molecule has 3 rings (SSSR count). The summed E-state index contributed by atoms with van der Waals surface area (Å²) in [6.45, 7) is 5.89. The Morgan fingerprint density at radius 2 is 1.93 bits per heavy atom. The van der Waals surface area contributed by atoms with Crippen LogP contribution in [-0.2, 0) is 19.4 Å². The molecule has 0 bridgehead atoms. The van der Waals surface area contributed by atoms with E-state index in [2.05, 4.69) is 10.6 Å². The molecule has 0 spiro atoms. The number of amides is 2. The molecular formula is C21H24N2O4S2. The van der Waals surface area contributed by atoms with E-state index >= 15 is 0 Å². The van der Waals surface area contributed by atoms with Gasteiger partial charge in [-0.05, 0) is 55.3 Å². The van der Waals surface area contributed by atoms with E-state index in [1.54, 1.807) is 12.1 Å². The molecule has 0 radical (unpaired) electrons. The molecule has 154 valence electrons. The van der Waals surface area contributed by atoms with E-state index in [0.29, 0.717) is 17.8 Å². The highest BCUT2D eigenvalue weighted by Gasteiger charge is 2.23. The normalized spacial score (nSPS) is 16.5. The molecule has 29 heavy (non-hydrogen) atoms. The van der Waals surface area contributed by atoms with E-state index in [1.807, 2.05) is 32.9 Å². The van der Waals surface area contributed by atoms with Crippen molar-refractivity contribution in [2.24, 2.45) is 0 Å². The molecule has 1 heterocycles. The van der Waals surface area contributed by atoms with Gasteiger partial charge < -0.3 is 10.6 Å². The van der Waals surface area contributed by atoms with Crippen LogP contribution in [0.2, 0.25) is 0 Å². The second kappa shape index (κ2) is 8.59. The van der Waals surface area contributed by atoms with Gasteiger partial charge in [0.25, 0.3) is 0 Å². The summed E-state index contributed by atoms with van der Waals surface area (Å²) in [4.78, 5) is 25.1. The number of fused-ring (bicyclic) bond motifs is 1. The Hall–Kier alpha value is -2.32. The molecule has 6 nitrogen and oxygen atoms in total. The van der Waals surface area contributed by atoms with Gasteiger partial charge in [0, 0.05) is 28.7 Å². The van der Waals surface area contributed by atoms with Gasteiger partial charge in [0.1, 0.15) is 0 Å². The molecule has 0 fully saturated rings. The number of hydrogen-bond donors (Lipinski definition) is 2. The van der Waals surface area contributed by atoms with Crippen LogP contribution in [0.15, 0.2) is 46.2 Å². The summed E-state index contributed by atoms with van der Waals surface area (Å²) in [6, 6.07) is 10.3. The Bertz CT molecular complexity index is 1060. The third-order valence-electron chi connectivity index (χ3n) is 4.77. The largest absolute Gasteiger partial charge is 0.326 e. The summed E-state index contributed by atoms with van der Waals surface area (Å²) >= 11 is 1.54. The number of sulfone groups is 1. The van der Waals surface area contributed by atoms with Gasteiger partial charge in [0.15, 0.2) is 9.84 Å². The van der Waals surface area contributed by atoms with Crippen molar-refractivity contribution in [3.05, 3.63) is 47.5 Å². The average molecular weight is 433 g/mol. The molecule has 2 N–H and O–H groups in total. The van der Waals surface area contributed by atoms with Crippen LogP contribution in [0.5, 0.6) is 0 Å². The van der Waals surface area contributed by atoms with Crippen molar-refractivity contribution in [3.63, 3.8) is 0 Å². The van der Waals surface area contributed by atoms with Crippen molar-refractivity contribution in [2.45, 2.75) is 48.7 Å². The highest BCUT2D eigenvalue weighted by Crippen LogP contribution is 2.36. The topological polar surface area (TPSA) is 92.3 Å². The summed E-state index contributed by atoms with van der Waals surface area (Å²) in [5.41, 5.74) is 3.32. The Kier molecular flexibility index (Phi) is 6.33. The van der Waals surface area contributed by atoms with Gasteiger partial charge >= 0.3 is 0 Å². The minimum Gasteiger partial charge on any atom is -0.326 e. The molecule has 2 amide bonds. The molecule has 2 aromatic rings. The quantitative estimate of drug-likeness (QED) is 0.747. The van der Waals surface area contributed by atoms with Gasteiger partial charge in [0.2, 0.25) is 11.8 Å². The number of carbonyl (C=O) groups is 2. The van der Waals surface area contributed by atoms with E-state index in [9.17, 15) is 18.0 Å². The summed E-state index contributed by atoms with van der Waals surface area (Å²) in [7, 11) is -3.66. The second-order valence-electron chi connectivity index (χ2n) is 7.25. The van der Waals surface area contributed by atoms with Crippen LogP contribution in [0.4, 0.5) is 11.4 Å². The fraction of sp³-hybridized carbons (Fsp3) is 0.333. The number of carbonyl (C=O) groups excluding carboxylic acids is 2. The van der Waals surface area contributed by atoms with Gasteiger partial charge in [-0.25, -0.2) is 8.42 Å².